The van der Waals surface area contributed by atoms with Crippen LogP contribution in [-0.4, -0.2) is 36.0 Å². The summed E-state index contributed by atoms with van der Waals surface area (Å²) in [6.07, 6.45) is 5.10. The molecule has 0 radical (unpaired) electrons. The zero-order valence-electron chi connectivity index (χ0n) is 10.2. The highest BCUT2D eigenvalue weighted by molar-refractivity contribution is 7.84. The van der Waals surface area contributed by atoms with Crippen molar-refractivity contribution in [3.63, 3.8) is 0 Å². The molecule has 0 aliphatic heterocycles. The maximum Gasteiger partial charge on any atom is 0.195 e. The Morgan fingerprint density at radius 1 is 1.50 bits per heavy atom. The van der Waals surface area contributed by atoms with Crippen LogP contribution in [0.2, 0.25) is 0 Å². The molecule has 2 aromatic rings. The van der Waals surface area contributed by atoms with E-state index in [1.165, 1.54) is 0 Å². The Morgan fingerprint density at radius 2 is 2.17 bits per heavy atom. The van der Waals surface area contributed by atoms with Crippen molar-refractivity contribution in [3.8, 4) is 11.4 Å². The number of rotatable bonds is 4. The van der Waals surface area contributed by atoms with E-state index in [0.717, 1.165) is 11.4 Å². The molecule has 0 aliphatic rings. The molecule has 18 heavy (non-hydrogen) atoms. The van der Waals surface area contributed by atoms with Gasteiger partial charge in [0.1, 0.15) is 0 Å². The van der Waals surface area contributed by atoms with Gasteiger partial charge in [0.25, 0.3) is 0 Å². The van der Waals surface area contributed by atoms with Crippen molar-refractivity contribution in [2.75, 3.05) is 12.0 Å². The lowest BCUT2D eigenvalue weighted by Crippen LogP contribution is -2.14. The minimum Gasteiger partial charge on any atom is -0.296 e. The molecular weight excluding hydrogens is 268 g/mol. The van der Waals surface area contributed by atoms with Crippen LogP contribution < -0.4 is 0 Å². The summed E-state index contributed by atoms with van der Waals surface area (Å²) < 4.78 is 13.8. The number of hydrogen-bond donors (Lipinski definition) is 1. The molecule has 1 N–H and O–H groups in total. The lowest BCUT2D eigenvalue weighted by atomic mass is 10.2. The smallest absolute Gasteiger partial charge is 0.195 e. The molecule has 0 spiro atoms. The number of hydrogen-bond acceptors (Lipinski definition) is 4. The normalized spacial score (nSPS) is 14.3. The number of pyridine rings is 1. The SMILES string of the molecule is CC(CS(C)=O)n1c(-c2ccncc2)n[nH]c1=S. The van der Waals surface area contributed by atoms with Crippen molar-refractivity contribution >= 4 is 23.0 Å². The second-order valence-electron chi connectivity index (χ2n) is 4.05. The first kappa shape index (κ1) is 13.1. The second-order valence-corrected chi connectivity index (χ2v) is 5.91. The van der Waals surface area contributed by atoms with Gasteiger partial charge in [-0.3, -0.25) is 18.9 Å². The van der Waals surface area contributed by atoms with Crippen LogP contribution in [0.3, 0.4) is 0 Å². The highest BCUT2D eigenvalue weighted by atomic mass is 32.2. The van der Waals surface area contributed by atoms with Gasteiger partial charge in [0.2, 0.25) is 0 Å². The summed E-state index contributed by atoms with van der Waals surface area (Å²) in [7, 11) is -0.874. The summed E-state index contributed by atoms with van der Waals surface area (Å²) in [5.74, 6) is 1.30. The number of nitrogens with one attached hydrogen (secondary N) is 1. The van der Waals surface area contributed by atoms with E-state index in [1.54, 1.807) is 18.6 Å². The Labute approximate surface area is 113 Å². The molecule has 2 heterocycles. The van der Waals surface area contributed by atoms with Gasteiger partial charge in [-0.25, -0.2) is 0 Å². The van der Waals surface area contributed by atoms with Crippen LogP contribution >= 0.6 is 12.2 Å². The Kier molecular flexibility index (Phi) is 4.03. The summed E-state index contributed by atoms with van der Waals surface area (Å²) in [5.41, 5.74) is 0.936. The molecule has 96 valence electrons. The van der Waals surface area contributed by atoms with Gasteiger partial charge in [-0.1, -0.05) is 0 Å². The number of H-pyrrole nitrogens is 1. The number of aromatic amines is 1. The van der Waals surface area contributed by atoms with Crippen LogP contribution in [0.5, 0.6) is 0 Å². The second kappa shape index (κ2) is 5.53. The van der Waals surface area contributed by atoms with Gasteiger partial charge in [0.15, 0.2) is 10.6 Å². The molecule has 2 atom stereocenters. The molecule has 2 unspecified atom stereocenters. The fraction of sp³-hybridized carbons (Fsp3) is 0.364. The van der Waals surface area contributed by atoms with Crippen molar-refractivity contribution in [2.45, 2.75) is 13.0 Å². The van der Waals surface area contributed by atoms with Gasteiger partial charge in [-0.05, 0) is 31.3 Å². The van der Waals surface area contributed by atoms with Gasteiger partial charge < -0.3 is 0 Å². The highest BCUT2D eigenvalue weighted by Gasteiger charge is 2.15. The zero-order chi connectivity index (χ0) is 13.1. The summed E-state index contributed by atoms with van der Waals surface area (Å²) in [5, 5.41) is 7.02. The molecule has 0 aliphatic carbocycles. The minimum absolute atomic E-state index is 0.0326. The minimum atomic E-state index is -0.874. The standard InChI is InChI=1S/C11H14N4OS2/c1-8(7-18(2)16)15-10(13-14-11(15)17)9-3-5-12-6-4-9/h3-6,8H,7H2,1-2H3,(H,14,17). The van der Waals surface area contributed by atoms with Crippen molar-refractivity contribution in [1.29, 1.82) is 0 Å². The van der Waals surface area contributed by atoms with E-state index in [2.05, 4.69) is 15.2 Å². The first-order chi connectivity index (χ1) is 8.59. The van der Waals surface area contributed by atoms with E-state index in [4.69, 9.17) is 12.2 Å². The molecule has 5 nitrogen and oxygen atoms in total. The monoisotopic (exact) mass is 282 g/mol. The summed E-state index contributed by atoms with van der Waals surface area (Å²) in [6.45, 7) is 1.98. The van der Waals surface area contributed by atoms with Gasteiger partial charge in [0, 0.05) is 46.8 Å². The Morgan fingerprint density at radius 3 is 2.78 bits per heavy atom. The van der Waals surface area contributed by atoms with Crippen molar-refractivity contribution < 1.29 is 4.21 Å². The van der Waals surface area contributed by atoms with Crippen molar-refractivity contribution in [2.24, 2.45) is 0 Å². The lowest BCUT2D eigenvalue weighted by Gasteiger charge is -2.14. The molecule has 0 bridgehead atoms. The number of nitrogens with zero attached hydrogens (tertiary/aromatic N) is 3. The van der Waals surface area contributed by atoms with Crippen LogP contribution in [0.15, 0.2) is 24.5 Å². The lowest BCUT2D eigenvalue weighted by molar-refractivity contribution is 0.594. The fourth-order valence-electron chi connectivity index (χ4n) is 1.83. The fourth-order valence-corrected chi connectivity index (χ4v) is 2.97. The maximum absolute atomic E-state index is 11.3. The average Bonchev–Trinajstić information content (AvgIpc) is 2.71. The van der Waals surface area contributed by atoms with Crippen LogP contribution in [-0.2, 0) is 10.8 Å². The average molecular weight is 282 g/mol. The van der Waals surface area contributed by atoms with E-state index in [1.807, 2.05) is 23.6 Å². The summed E-state index contributed by atoms with van der Waals surface area (Å²) in [6, 6.07) is 3.78. The molecule has 0 amide bonds. The molecule has 2 rings (SSSR count). The topological polar surface area (TPSA) is 63.6 Å². The van der Waals surface area contributed by atoms with Gasteiger partial charge in [-0.2, -0.15) is 5.10 Å². The first-order valence-electron chi connectivity index (χ1n) is 5.47. The van der Waals surface area contributed by atoms with Gasteiger partial charge in [0.05, 0.1) is 0 Å². The van der Waals surface area contributed by atoms with Gasteiger partial charge in [-0.15, -0.1) is 0 Å². The molecule has 0 aromatic carbocycles. The molecule has 0 saturated heterocycles. The van der Waals surface area contributed by atoms with E-state index in [0.29, 0.717) is 10.5 Å². The zero-order valence-corrected chi connectivity index (χ0v) is 11.8. The largest absolute Gasteiger partial charge is 0.296 e. The van der Waals surface area contributed by atoms with Crippen LogP contribution in [0.25, 0.3) is 11.4 Å². The first-order valence-corrected chi connectivity index (χ1v) is 7.60. The Balaban J connectivity index is 2.45. The molecule has 0 saturated carbocycles. The number of aromatic nitrogens is 4. The maximum atomic E-state index is 11.3. The van der Waals surface area contributed by atoms with Crippen molar-refractivity contribution in [3.05, 3.63) is 29.3 Å². The quantitative estimate of drug-likeness (QED) is 0.871. The summed E-state index contributed by atoms with van der Waals surface area (Å²) in [4.78, 5) is 3.98. The van der Waals surface area contributed by atoms with Crippen LogP contribution in [0.1, 0.15) is 13.0 Å². The third-order valence-electron chi connectivity index (χ3n) is 2.56. The third-order valence-corrected chi connectivity index (χ3v) is 3.80. The van der Waals surface area contributed by atoms with Gasteiger partial charge >= 0.3 is 0 Å². The molecule has 2 aromatic heterocycles. The van der Waals surface area contributed by atoms with Crippen molar-refractivity contribution in [1.82, 2.24) is 19.7 Å². The summed E-state index contributed by atoms with van der Waals surface area (Å²) >= 11 is 5.23. The molecule has 0 fully saturated rings. The van der Waals surface area contributed by atoms with Crippen LogP contribution in [0.4, 0.5) is 0 Å². The molecular formula is C11H14N4OS2. The predicted octanol–water partition coefficient (Wildman–Crippen LogP) is 1.94. The third kappa shape index (κ3) is 2.73. The van der Waals surface area contributed by atoms with E-state index in [9.17, 15) is 4.21 Å². The van der Waals surface area contributed by atoms with E-state index in [-0.39, 0.29) is 6.04 Å². The molecule has 7 heteroatoms. The Bertz CT molecular complexity index is 605. The van der Waals surface area contributed by atoms with E-state index >= 15 is 0 Å². The highest BCUT2D eigenvalue weighted by Crippen LogP contribution is 2.20. The Hall–Kier alpha value is -1.34. The van der Waals surface area contributed by atoms with E-state index < -0.39 is 10.8 Å². The van der Waals surface area contributed by atoms with Crippen LogP contribution in [0, 0.1) is 4.77 Å². The predicted molar refractivity (Wildman–Crippen MR) is 74.3 cm³/mol.